The summed E-state index contributed by atoms with van der Waals surface area (Å²) in [6.45, 7) is 9.14. The lowest BCUT2D eigenvalue weighted by Crippen LogP contribution is -2.69. The van der Waals surface area contributed by atoms with Gasteiger partial charge in [-0.25, -0.2) is 0 Å². The van der Waals surface area contributed by atoms with Gasteiger partial charge < -0.3 is 83.7 Å². The molecule has 4 heterocycles. The number of hydrogen-bond acceptors (Lipinski definition) is 17. The van der Waals surface area contributed by atoms with Crippen molar-refractivity contribution < 1.29 is 83.2 Å². The first kappa shape index (κ1) is 45.1. The Hall–Kier alpha value is -1.95. The molecule has 18 nitrogen and oxygen atoms in total. The molecule has 20 atom stereocenters. The molecule has 320 valence electrons. The quantitative estimate of drug-likeness (QED) is 0.102. The van der Waals surface area contributed by atoms with Crippen LogP contribution in [0.3, 0.4) is 0 Å². The number of rotatable bonds is 15. The second-order valence-electron chi connectivity index (χ2n) is 15.2. The number of carbonyl (C=O) groups excluding carboxylic acids is 1. The summed E-state index contributed by atoms with van der Waals surface area (Å²) in [6.07, 6.45) is -21.0. The van der Waals surface area contributed by atoms with Crippen molar-refractivity contribution in [2.75, 3.05) is 19.8 Å². The van der Waals surface area contributed by atoms with E-state index in [9.17, 15) is 40.5 Å². The standard InChI is InChI=1S/C38H61NO17/c1-7-13-48-38-34(56-36-25(39-21(6)42)32(28(45)24(15-41)52-36)54-35-18(3)17(2)26(43)19(4)50-35)33(55-37-30(47)29(46)27(44)23(14-40)53-37)31(20(5)51-38)49-16-22-11-9-8-10-12-22/h8-12,17-20,23-38,40-41,43-47H,7,13-16H2,1-6H3,(H,39,42)/t17-,18?,19?,20?,23+,24?,25+,26-,27-,28-,29?,30?,31-,32?,33+,34?,35+,36+,37-,38-/m1/s1. The zero-order chi connectivity index (χ0) is 40.8. The highest BCUT2D eigenvalue weighted by Gasteiger charge is 2.56. The molecule has 4 aliphatic heterocycles. The average Bonchev–Trinajstić information content (AvgIpc) is 3.18. The number of aliphatic hydroxyl groups excluding tert-OH is 7. The highest BCUT2D eigenvalue weighted by Crippen LogP contribution is 2.38. The number of benzene rings is 1. The highest BCUT2D eigenvalue weighted by atomic mass is 16.8. The molecule has 4 fully saturated rings. The maximum Gasteiger partial charge on any atom is 0.217 e. The van der Waals surface area contributed by atoms with Crippen molar-refractivity contribution in [2.24, 2.45) is 11.8 Å². The number of carbonyl (C=O) groups is 1. The molecule has 0 saturated carbocycles. The highest BCUT2D eigenvalue weighted by molar-refractivity contribution is 5.73. The minimum Gasteiger partial charge on any atom is -0.394 e. The van der Waals surface area contributed by atoms with Gasteiger partial charge in [-0.15, -0.1) is 0 Å². The molecule has 4 aliphatic rings. The summed E-state index contributed by atoms with van der Waals surface area (Å²) >= 11 is 0. The molecule has 1 aromatic rings. The Balaban J connectivity index is 1.53. The van der Waals surface area contributed by atoms with E-state index in [0.717, 1.165) is 5.56 Å². The van der Waals surface area contributed by atoms with Crippen LogP contribution in [0.25, 0.3) is 0 Å². The molecule has 8 N–H and O–H groups in total. The lowest BCUT2D eigenvalue weighted by atomic mass is 9.85. The van der Waals surface area contributed by atoms with Gasteiger partial charge in [-0.3, -0.25) is 4.79 Å². The number of hydrogen-bond donors (Lipinski definition) is 8. The Morgan fingerprint density at radius 1 is 0.643 bits per heavy atom. The summed E-state index contributed by atoms with van der Waals surface area (Å²) in [5.74, 6) is -1.15. The maximum atomic E-state index is 12.8. The van der Waals surface area contributed by atoms with Crippen LogP contribution in [-0.4, -0.2) is 172 Å². The van der Waals surface area contributed by atoms with Crippen LogP contribution in [0, 0.1) is 11.8 Å². The predicted octanol–water partition coefficient (Wildman–Crippen LogP) is -1.34. The van der Waals surface area contributed by atoms with Crippen LogP contribution in [0.4, 0.5) is 0 Å². The van der Waals surface area contributed by atoms with Crippen LogP contribution >= 0.6 is 0 Å². The fraction of sp³-hybridized carbons (Fsp3) is 0.816. The zero-order valence-electron chi connectivity index (χ0n) is 32.7. The molecule has 4 saturated heterocycles. The predicted molar refractivity (Wildman–Crippen MR) is 192 cm³/mol. The first-order valence-electron chi connectivity index (χ1n) is 19.4. The van der Waals surface area contributed by atoms with Crippen molar-refractivity contribution in [1.82, 2.24) is 5.32 Å². The van der Waals surface area contributed by atoms with E-state index in [2.05, 4.69) is 5.32 Å². The van der Waals surface area contributed by atoms with Gasteiger partial charge in [0.05, 0.1) is 38.1 Å². The summed E-state index contributed by atoms with van der Waals surface area (Å²) in [5.41, 5.74) is 0.810. The van der Waals surface area contributed by atoms with E-state index in [1.807, 2.05) is 51.1 Å². The van der Waals surface area contributed by atoms with E-state index >= 15 is 0 Å². The maximum absolute atomic E-state index is 12.8. The van der Waals surface area contributed by atoms with Gasteiger partial charge in [0.15, 0.2) is 25.2 Å². The van der Waals surface area contributed by atoms with Gasteiger partial charge in [-0.1, -0.05) is 51.1 Å². The topological polar surface area (TPSA) is 254 Å². The Kier molecular flexibility index (Phi) is 16.4. The first-order chi connectivity index (χ1) is 26.7. The normalized spacial score (nSPS) is 44.7. The minimum atomic E-state index is -1.79. The molecular weight excluding hydrogens is 742 g/mol. The van der Waals surface area contributed by atoms with Gasteiger partial charge in [0.25, 0.3) is 0 Å². The lowest BCUT2D eigenvalue weighted by Gasteiger charge is -2.51. The van der Waals surface area contributed by atoms with Gasteiger partial charge in [0.2, 0.25) is 5.91 Å². The number of amides is 1. The smallest absolute Gasteiger partial charge is 0.217 e. The van der Waals surface area contributed by atoms with Crippen LogP contribution in [-0.2, 0) is 54.0 Å². The third kappa shape index (κ3) is 10.2. The van der Waals surface area contributed by atoms with E-state index in [1.54, 1.807) is 13.8 Å². The fourth-order valence-electron chi connectivity index (χ4n) is 7.57. The van der Waals surface area contributed by atoms with Gasteiger partial charge in [-0.2, -0.15) is 0 Å². The van der Waals surface area contributed by atoms with Crippen LogP contribution in [0.15, 0.2) is 30.3 Å². The molecule has 8 unspecified atom stereocenters. The summed E-state index contributed by atoms with van der Waals surface area (Å²) < 4.78 is 56.4. The molecule has 0 radical (unpaired) electrons. The third-order valence-corrected chi connectivity index (χ3v) is 11.1. The summed E-state index contributed by atoms with van der Waals surface area (Å²) in [4.78, 5) is 12.8. The van der Waals surface area contributed by atoms with E-state index in [1.165, 1.54) is 6.92 Å². The van der Waals surface area contributed by atoms with Gasteiger partial charge in [0, 0.05) is 19.4 Å². The van der Waals surface area contributed by atoms with E-state index in [4.69, 9.17) is 42.6 Å². The van der Waals surface area contributed by atoms with Gasteiger partial charge in [-0.05, 0) is 31.7 Å². The number of aliphatic hydroxyl groups is 7. The van der Waals surface area contributed by atoms with Crippen LogP contribution in [0.1, 0.15) is 53.5 Å². The van der Waals surface area contributed by atoms with Crippen molar-refractivity contribution in [3.05, 3.63) is 35.9 Å². The van der Waals surface area contributed by atoms with E-state index < -0.39 is 130 Å². The molecule has 0 aromatic heterocycles. The third-order valence-electron chi connectivity index (χ3n) is 11.1. The Morgan fingerprint density at radius 2 is 1.25 bits per heavy atom. The Labute approximate surface area is 326 Å². The molecule has 1 aromatic carbocycles. The Bertz CT molecular complexity index is 1350. The largest absolute Gasteiger partial charge is 0.394 e. The molecule has 5 rings (SSSR count). The van der Waals surface area contributed by atoms with E-state index in [-0.39, 0.29) is 25.0 Å². The molecular formula is C38H61NO17. The SMILES string of the molecule is CCCO[C@@H]1OC(C)[C@@H](OCc2ccccc2)[C@H](O[C@H]2O[C@@H](CO)[C@@H](O)C(O)C2O)C1O[C@@H]1OC(CO)[C@@H](O)C(O[C@@H]2OC(C)[C@H](O)[C@H](C)C2C)[C@@H]1NC(C)=O. The second-order valence-corrected chi connectivity index (χ2v) is 15.2. The van der Waals surface area contributed by atoms with Crippen molar-refractivity contribution in [2.45, 2.75) is 165 Å². The van der Waals surface area contributed by atoms with Crippen molar-refractivity contribution in [3.8, 4) is 0 Å². The molecule has 0 aliphatic carbocycles. The fourth-order valence-corrected chi connectivity index (χ4v) is 7.57. The van der Waals surface area contributed by atoms with Crippen molar-refractivity contribution >= 4 is 5.91 Å². The van der Waals surface area contributed by atoms with Crippen LogP contribution < -0.4 is 5.32 Å². The lowest BCUT2D eigenvalue weighted by molar-refractivity contribution is -0.390. The molecule has 0 spiro atoms. The summed E-state index contributed by atoms with van der Waals surface area (Å²) in [5, 5.41) is 77.5. The average molecular weight is 804 g/mol. The summed E-state index contributed by atoms with van der Waals surface area (Å²) in [6, 6.07) is 8.01. The van der Waals surface area contributed by atoms with Crippen molar-refractivity contribution in [1.29, 1.82) is 0 Å². The molecule has 18 heteroatoms. The van der Waals surface area contributed by atoms with Crippen LogP contribution in [0.5, 0.6) is 0 Å². The Morgan fingerprint density at radius 3 is 1.89 bits per heavy atom. The number of nitrogens with one attached hydrogen (secondary N) is 1. The summed E-state index contributed by atoms with van der Waals surface area (Å²) in [7, 11) is 0. The van der Waals surface area contributed by atoms with Crippen molar-refractivity contribution in [3.63, 3.8) is 0 Å². The van der Waals surface area contributed by atoms with E-state index in [0.29, 0.717) is 6.42 Å². The number of ether oxygens (including phenoxy) is 9. The van der Waals surface area contributed by atoms with Gasteiger partial charge >= 0.3 is 0 Å². The first-order valence-corrected chi connectivity index (χ1v) is 19.4. The molecule has 0 bridgehead atoms. The molecule has 1 amide bonds. The second kappa shape index (κ2) is 20.3. The van der Waals surface area contributed by atoms with Gasteiger partial charge in [0.1, 0.15) is 67.1 Å². The van der Waals surface area contributed by atoms with Crippen LogP contribution in [0.2, 0.25) is 0 Å². The molecule has 56 heavy (non-hydrogen) atoms. The monoisotopic (exact) mass is 803 g/mol. The zero-order valence-corrected chi connectivity index (χ0v) is 32.7. The minimum absolute atomic E-state index is 0.0786.